The third kappa shape index (κ3) is 2.61. The lowest BCUT2D eigenvalue weighted by Gasteiger charge is -2.20. The number of benzene rings is 1. The quantitative estimate of drug-likeness (QED) is 0.913. The summed E-state index contributed by atoms with van der Waals surface area (Å²) in [6, 6.07) is 2.36. The van der Waals surface area contributed by atoms with E-state index in [1.54, 1.807) is 6.92 Å². The van der Waals surface area contributed by atoms with Gasteiger partial charge in [0.15, 0.2) is 5.82 Å². The maximum Gasteiger partial charge on any atom is 0.244 e. The molecule has 0 bridgehead atoms. The molecule has 1 saturated heterocycles. The fourth-order valence-corrected chi connectivity index (χ4v) is 2.35. The van der Waals surface area contributed by atoms with E-state index < -0.39 is 11.6 Å². The number of anilines is 1. The number of amides is 1. The topological polar surface area (TPSA) is 32.3 Å². The first-order valence-corrected chi connectivity index (χ1v) is 6.44. The summed E-state index contributed by atoms with van der Waals surface area (Å²) in [6.45, 7) is 5.76. The number of nitrogens with one attached hydrogen (secondary N) is 1. The molecule has 0 spiro atoms. The minimum Gasteiger partial charge on any atom is -0.306 e. The number of halogens is 2. The van der Waals surface area contributed by atoms with Crippen LogP contribution in [0, 0.1) is 18.6 Å². The van der Waals surface area contributed by atoms with Crippen molar-refractivity contribution in [2.24, 2.45) is 0 Å². The normalized spacial score (nSPS) is 19.6. The second kappa shape index (κ2) is 5.25. The van der Waals surface area contributed by atoms with Crippen LogP contribution in [-0.4, -0.2) is 24.5 Å². The minimum absolute atomic E-state index is 0.154. The molecule has 1 fully saturated rings. The first kappa shape index (κ1) is 13.9. The molecule has 0 saturated carbocycles. The maximum atomic E-state index is 14.0. The highest BCUT2D eigenvalue weighted by atomic mass is 19.1. The van der Waals surface area contributed by atoms with Crippen molar-refractivity contribution in [1.82, 2.24) is 5.32 Å². The largest absolute Gasteiger partial charge is 0.306 e. The standard InChI is InChI=1S/C14H18F2N2O/c1-8(2)17-11-6-7-18(14(11)19)13-10(15)5-4-9(3)12(13)16/h4-5,8,11,17H,6-7H2,1-3H3. The summed E-state index contributed by atoms with van der Waals surface area (Å²) >= 11 is 0. The minimum atomic E-state index is -0.693. The Balaban J connectivity index is 2.30. The van der Waals surface area contributed by atoms with Crippen molar-refractivity contribution in [3.63, 3.8) is 0 Å². The predicted octanol–water partition coefficient (Wildman–Crippen LogP) is 2.38. The van der Waals surface area contributed by atoms with Gasteiger partial charge in [0.05, 0.1) is 6.04 Å². The number of rotatable bonds is 3. The summed E-state index contributed by atoms with van der Waals surface area (Å²) in [6.07, 6.45) is 0.559. The van der Waals surface area contributed by atoms with Gasteiger partial charge in [0, 0.05) is 12.6 Å². The number of nitrogens with zero attached hydrogens (tertiary/aromatic N) is 1. The molecule has 2 rings (SSSR count). The second-order valence-corrected chi connectivity index (χ2v) is 5.18. The predicted molar refractivity (Wildman–Crippen MR) is 70.1 cm³/mol. The molecule has 1 unspecified atom stereocenters. The average molecular weight is 268 g/mol. The van der Waals surface area contributed by atoms with Crippen molar-refractivity contribution in [3.05, 3.63) is 29.3 Å². The van der Waals surface area contributed by atoms with Gasteiger partial charge in [-0.15, -0.1) is 0 Å². The summed E-state index contributed by atoms with van der Waals surface area (Å²) in [5, 5.41) is 3.11. The van der Waals surface area contributed by atoms with E-state index in [-0.39, 0.29) is 23.7 Å². The van der Waals surface area contributed by atoms with Crippen LogP contribution in [0.1, 0.15) is 25.8 Å². The SMILES string of the molecule is Cc1ccc(F)c(N2CCC(NC(C)C)C2=O)c1F. The molecule has 1 heterocycles. The van der Waals surface area contributed by atoms with Crippen LogP contribution in [-0.2, 0) is 4.79 Å². The molecule has 1 N–H and O–H groups in total. The first-order valence-electron chi connectivity index (χ1n) is 6.44. The Labute approximate surface area is 111 Å². The second-order valence-electron chi connectivity index (χ2n) is 5.18. The molecule has 5 heteroatoms. The summed E-state index contributed by atoms with van der Waals surface area (Å²) in [4.78, 5) is 13.4. The van der Waals surface area contributed by atoms with Gasteiger partial charge in [-0.05, 0) is 25.0 Å². The fourth-order valence-electron chi connectivity index (χ4n) is 2.35. The van der Waals surface area contributed by atoms with Crippen molar-refractivity contribution in [2.45, 2.75) is 39.3 Å². The average Bonchev–Trinajstić information content (AvgIpc) is 2.67. The highest BCUT2D eigenvalue weighted by molar-refractivity contribution is 5.99. The molecule has 0 radical (unpaired) electrons. The third-order valence-corrected chi connectivity index (χ3v) is 3.27. The Morgan fingerprint density at radius 2 is 2.05 bits per heavy atom. The Hall–Kier alpha value is -1.49. The smallest absolute Gasteiger partial charge is 0.244 e. The molecule has 3 nitrogen and oxygen atoms in total. The lowest BCUT2D eigenvalue weighted by Crippen LogP contribution is -2.42. The monoisotopic (exact) mass is 268 g/mol. The molecule has 19 heavy (non-hydrogen) atoms. The van der Waals surface area contributed by atoms with E-state index in [0.717, 1.165) is 0 Å². The van der Waals surface area contributed by atoms with E-state index >= 15 is 0 Å². The van der Waals surface area contributed by atoms with E-state index in [0.29, 0.717) is 18.5 Å². The number of hydrogen-bond donors (Lipinski definition) is 1. The highest BCUT2D eigenvalue weighted by Gasteiger charge is 2.35. The molecule has 1 aromatic carbocycles. The van der Waals surface area contributed by atoms with Gasteiger partial charge in [0.25, 0.3) is 0 Å². The van der Waals surface area contributed by atoms with Gasteiger partial charge in [-0.2, -0.15) is 0 Å². The Kier molecular flexibility index (Phi) is 3.85. The van der Waals surface area contributed by atoms with Crippen LogP contribution in [0.4, 0.5) is 14.5 Å². The molecule has 1 amide bonds. The zero-order valence-electron chi connectivity index (χ0n) is 11.3. The molecular formula is C14H18F2N2O. The van der Waals surface area contributed by atoms with Crippen LogP contribution >= 0.6 is 0 Å². The van der Waals surface area contributed by atoms with Crippen molar-refractivity contribution in [1.29, 1.82) is 0 Å². The van der Waals surface area contributed by atoms with Gasteiger partial charge in [-0.3, -0.25) is 4.79 Å². The van der Waals surface area contributed by atoms with Gasteiger partial charge >= 0.3 is 0 Å². The lowest BCUT2D eigenvalue weighted by molar-refractivity contribution is -0.119. The van der Waals surface area contributed by atoms with E-state index in [9.17, 15) is 13.6 Å². The number of carbonyl (C=O) groups is 1. The van der Waals surface area contributed by atoms with Crippen molar-refractivity contribution in [3.8, 4) is 0 Å². The summed E-state index contributed by atoms with van der Waals surface area (Å²) in [7, 11) is 0. The molecule has 1 aliphatic rings. The zero-order valence-corrected chi connectivity index (χ0v) is 11.3. The van der Waals surface area contributed by atoms with E-state index in [4.69, 9.17) is 0 Å². The fraction of sp³-hybridized carbons (Fsp3) is 0.500. The maximum absolute atomic E-state index is 14.0. The Bertz CT molecular complexity index is 502. The highest BCUT2D eigenvalue weighted by Crippen LogP contribution is 2.29. The van der Waals surface area contributed by atoms with Crippen LogP contribution in [0.3, 0.4) is 0 Å². The molecule has 104 valence electrons. The van der Waals surface area contributed by atoms with Crippen LogP contribution in [0.5, 0.6) is 0 Å². The summed E-state index contributed by atoms with van der Waals surface area (Å²) < 4.78 is 27.8. The van der Waals surface area contributed by atoms with Gasteiger partial charge in [-0.25, -0.2) is 8.78 Å². The Morgan fingerprint density at radius 3 is 2.68 bits per heavy atom. The molecular weight excluding hydrogens is 250 g/mol. The molecule has 0 aliphatic carbocycles. The van der Waals surface area contributed by atoms with E-state index in [1.807, 2.05) is 13.8 Å². The molecule has 0 aromatic heterocycles. The van der Waals surface area contributed by atoms with Crippen LogP contribution in [0.15, 0.2) is 12.1 Å². The number of aryl methyl sites for hydroxylation is 1. The Morgan fingerprint density at radius 1 is 1.37 bits per heavy atom. The van der Waals surface area contributed by atoms with Crippen LogP contribution < -0.4 is 10.2 Å². The van der Waals surface area contributed by atoms with E-state index in [1.165, 1.54) is 17.0 Å². The van der Waals surface area contributed by atoms with Crippen molar-refractivity contribution in [2.75, 3.05) is 11.4 Å². The van der Waals surface area contributed by atoms with Crippen LogP contribution in [0.2, 0.25) is 0 Å². The zero-order chi connectivity index (χ0) is 14.2. The first-order chi connectivity index (χ1) is 8.91. The lowest BCUT2D eigenvalue weighted by atomic mass is 10.2. The third-order valence-electron chi connectivity index (χ3n) is 3.27. The number of carbonyl (C=O) groups excluding carboxylic acids is 1. The number of hydrogen-bond acceptors (Lipinski definition) is 2. The summed E-state index contributed by atoms with van der Waals surface area (Å²) in [5.74, 6) is -1.61. The molecule has 1 atom stereocenters. The van der Waals surface area contributed by atoms with Crippen molar-refractivity contribution >= 4 is 11.6 Å². The summed E-state index contributed by atoms with van der Waals surface area (Å²) in [5.41, 5.74) is 0.113. The van der Waals surface area contributed by atoms with Gasteiger partial charge in [0.2, 0.25) is 5.91 Å². The van der Waals surface area contributed by atoms with Gasteiger partial charge in [-0.1, -0.05) is 19.9 Å². The van der Waals surface area contributed by atoms with E-state index in [2.05, 4.69) is 5.32 Å². The molecule has 1 aliphatic heterocycles. The van der Waals surface area contributed by atoms with Gasteiger partial charge in [0.1, 0.15) is 11.5 Å². The van der Waals surface area contributed by atoms with Crippen molar-refractivity contribution < 1.29 is 13.6 Å². The van der Waals surface area contributed by atoms with Crippen LogP contribution in [0.25, 0.3) is 0 Å². The van der Waals surface area contributed by atoms with Gasteiger partial charge < -0.3 is 10.2 Å². The molecule has 1 aromatic rings.